The number of nitrogens with zero attached hydrogens (tertiary/aromatic N) is 3. The first kappa shape index (κ1) is 21.4. The summed E-state index contributed by atoms with van der Waals surface area (Å²) in [5, 5.41) is 32.1. The molecule has 9 nitrogen and oxygen atoms in total. The van der Waals surface area contributed by atoms with E-state index in [0.717, 1.165) is 0 Å². The largest absolute Gasteiger partial charge is 0.507 e. The fourth-order valence-corrected chi connectivity index (χ4v) is 3.72. The molecule has 0 bridgehead atoms. The van der Waals surface area contributed by atoms with Crippen LogP contribution in [-0.4, -0.2) is 23.4 Å². The van der Waals surface area contributed by atoms with Gasteiger partial charge in [0.25, 0.3) is 5.69 Å². The zero-order chi connectivity index (χ0) is 23.5. The first-order valence-corrected chi connectivity index (χ1v) is 9.79. The third kappa shape index (κ3) is 3.93. The number of nitrogens with two attached hydrogens (primary N) is 1. The highest BCUT2D eigenvalue weighted by Crippen LogP contribution is 2.49. The van der Waals surface area contributed by atoms with Crippen molar-refractivity contribution in [3.05, 3.63) is 98.9 Å². The smallest absolute Gasteiger partial charge is 0.273 e. The average Bonchev–Trinajstić information content (AvgIpc) is 2.83. The summed E-state index contributed by atoms with van der Waals surface area (Å²) in [7, 11) is 1.55. The minimum Gasteiger partial charge on any atom is -0.507 e. The van der Waals surface area contributed by atoms with E-state index in [1.165, 1.54) is 30.5 Å². The van der Waals surface area contributed by atoms with Crippen molar-refractivity contribution in [1.82, 2.24) is 0 Å². The second-order valence-corrected chi connectivity index (χ2v) is 7.12. The summed E-state index contributed by atoms with van der Waals surface area (Å²) >= 11 is 0. The van der Waals surface area contributed by atoms with Crippen molar-refractivity contribution in [1.29, 1.82) is 5.26 Å². The van der Waals surface area contributed by atoms with Gasteiger partial charge in [0.05, 0.1) is 29.2 Å². The van der Waals surface area contributed by atoms with Crippen LogP contribution >= 0.6 is 0 Å². The molecule has 33 heavy (non-hydrogen) atoms. The highest BCUT2D eigenvalue weighted by Gasteiger charge is 2.37. The molecule has 0 radical (unpaired) electrons. The predicted molar refractivity (Wildman–Crippen MR) is 121 cm³/mol. The van der Waals surface area contributed by atoms with Crippen LogP contribution in [-0.2, 0) is 0 Å². The topological polar surface area (TPSA) is 144 Å². The summed E-state index contributed by atoms with van der Waals surface area (Å²) in [4.78, 5) is 15.6. The number of methoxy groups -OCH3 is 1. The van der Waals surface area contributed by atoms with Crippen LogP contribution in [0.3, 0.4) is 0 Å². The molecule has 1 heterocycles. The Morgan fingerprint density at radius 2 is 2.03 bits per heavy atom. The number of nitro groups is 1. The minimum absolute atomic E-state index is 0.0333. The van der Waals surface area contributed by atoms with Crippen molar-refractivity contribution in [2.45, 2.75) is 5.92 Å². The van der Waals surface area contributed by atoms with Gasteiger partial charge in [-0.25, -0.2) is 0 Å². The van der Waals surface area contributed by atoms with Gasteiger partial charge in [0.2, 0.25) is 5.88 Å². The zero-order valence-electron chi connectivity index (χ0n) is 17.4. The van der Waals surface area contributed by atoms with Gasteiger partial charge in [-0.2, -0.15) is 5.26 Å². The number of hydrogen-bond acceptors (Lipinski definition) is 8. The summed E-state index contributed by atoms with van der Waals surface area (Å²) < 4.78 is 10.9. The van der Waals surface area contributed by atoms with Crippen LogP contribution in [0.1, 0.15) is 22.6 Å². The first-order valence-electron chi connectivity index (χ1n) is 9.79. The molecule has 9 heteroatoms. The molecular formula is C24H18N4O5. The molecule has 0 spiro atoms. The van der Waals surface area contributed by atoms with E-state index in [1.807, 2.05) is 6.07 Å². The number of fused-ring (bicyclic) bond motifs is 1. The van der Waals surface area contributed by atoms with Crippen LogP contribution in [0, 0.1) is 21.4 Å². The molecule has 3 aromatic carbocycles. The van der Waals surface area contributed by atoms with Gasteiger partial charge in [0, 0.05) is 29.5 Å². The Kier molecular flexibility index (Phi) is 5.66. The van der Waals surface area contributed by atoms with Crippen molar-refractivity contribution in [2.75, 3.05) is 7.11 Å². The van der Waals surface area contributed by atoms with Gasteiger partial charge in [-0.15, -0.1) is 0 Å². The van der Waals surface area contributed by atoms with Crippen LogP contribution in [0.15, 0.2) is 77.1 Å². The summed E-state index contributed by atoms with van der Waals surface area (Å²) in [6.45, 7) is 0. The van der Waals surface area contributed by atoms with Gasteiger partial charge >= 0.3 is 0 Å². The molecule has 1 aliphatic rings. The highest BCUT2D eigenvalue weighted by atomic mass is 16.6. The van der Waals surface area contributed by atoms with Crippen molar-refractivity contribution < 1.29 is 19.5 Å². The fourth-order valence-electron chi connectivity index (χ4n) is 3.72. The number of aliphatic imine (C=N–C) groups is 1. The molecule has 3 aromatic rings. The quantitative estimate of drug-likeness (QED) is 0.341. The van der Waals surface area contributed by atoms with E-state index in [4.69, 9.17) is 15.2 Å². The monoisotopic (exact) mass is 442 g/mol. The molecule has 0 saturated heterocycles. The maximum Gasteiger partial charge on any atom is 0.273 e. The Labute approximate surface area is 188 Å². The normalized spacial score (nSPS) is 15.0. The van der Waals surface area contributed by atoms with Crippen LogP contribution in [0.5, 0.6) is 17.2 Å². The van der Waals surface area contributed by atoms with Gasteiger partial charge in [0.1, 0.15) is 28.9 Å². The van der Waals surface area contributed by atoms with Crippen LogP contribution in [0.4, 0.5) is 11.4 Å². The maximum absolute atomic E-state index is 11.7. The lowest BCUT2D eigenvalue weighted by molar-refractivity contribution is -0.385. The first-order chi connectivity index (χ1) is 15.9. The summed E-state index contributed by atoms with van der Waals surface area (Å²) in [5.74, 6) is -0.579. The number of para-hydroxylation sites is 1. The Morgan fingerprint density at radius 3 is 2.76 bits per heavy atom. The SMILES string of the molecule is COc1cccc(N=Cc2ccc(O)c3c2OC(N)=C(C#N)[C@H]3c2ccccc2[N+](=O)[O-])c1. The lowest BCUT2D eigenvalue weighted by Crippen LogP contribution is -2.22. The van der Waals surface area contributed by atoms with Crippen molar-refractivity contribution in [3.63, 3.8) is 0 Å². The Hall–Kier alpha value is -4.84. The Bertz CT molecular complexity index is 1360. The number of benzene rings is 3. The molecule has 164 valence electrons. The molecule has 0 amide bonds. The summed E-state index contributed by atoms with van der Waals surface area (Å²) in [5.41, 5.74) is 7.30. The standard InChI is InChI=1S/C24H18N4O5/c1-32-16-6-4-5-15(11-16)27-13-14-9-10-20(29)22-21(18(12-25)24(26)33-23(14)22)17-7-2-3-8-19(17)28(30)31/h2-11,13,21,29H,26H2,1H3/t21-/m1/s1. The van der Waals surface area contributed by atoms with E-state index in [1.54, 1.807) is 43.5 Å². The molecule has 1 aliphatic heterocycles. The molecular weight excluding hydrogens is 424 g/mol. The van der Waals surface area contributed by atoms with E-state index in [-0.39, 0.29) is 39.8 Å². The third-order valence-electron chi connectivity index (χ3n) is 5.23. The molecule has 0 unspecified atom stereocenters. The Morgan fingerprint density at radius 1 is 1.24 bits per heavy atom. The van der Waals surface area contributed by atoms with Crippen molar-refractivity contribution in [3.8, 4) is 23.3 Å². The van der Waals surface area contributed by atoms with E-state index < -0.39 is 10.8 Å². The predicted octanol–water partition coefficient (Wildman–Crippen LogP) is 4.28. The van der Waals surface area contributed by atoms with E-state index in [0.29, 0.717) is 17.0 Å². The van der Waals surface area contributed by atoms with Gasteiger partial charge in [-0.3, -0.25) is 15.1 Å². The summed E-state index contributed by atoms with van der Waals surface area (Å²) in [6, 6.07) is 18.1. The second-order valence-electron chi connectivity index (χ2n) is 7.12. The number of hydrogen-bond donors (Lipinski definition) is 2. The molecule has 0 aliphatic carbocycles. The van der Waals surface area contributed by atoms with Crippen molar-refractivity contribution >= 4 is 17.6 Å². The average molecular weight is 442 g/mol. The molecule has 0 fully saturated rings. The van der Waals surface area contributed by atoms with Gasteiger partial charge < -0.3 is 20.3 Å². The summed E-state index contributed by atoms with van der Waals surface area (Å²) in [6.07, 6.45) is 1.52. The number of aromatic hydroxyl groups is 1. The number of allylic oxidation sites excluding steroid dienone is 1. The number of ether oxygens (including phenoxy) is 2. The number of nitriles is 1. The minimum atomic E-state index is -0.995. The zero-order valence-corrected chi connectivity index (χ0v) is 17.4. The van der Waals surface area contributed by atoms with Gasteiger partial charge in [-0.1, -0.05) is 24.3 Å². The molecule has 4 rings (SSSR count). The number of nitro benzene ring substituents is 1. The molecule has 0 saturated carbocycles. The van der Waals surface area contributed by atoms with Crippen LogP contribution in [0.25, 0.3) is 0 Å². The van der Waals surface area contributed by atoms with Crippen LogP contribution in [0.2, 0.25) is 0 Å². The lowest BCUT2D eigenvalue weighted by atomic mass is 9.81. The van der Waals surface area contributed by atoms with Crippen LogP contribution < -0.4 is 15.2 Å². The third-order valence-corrected chi connectivity index (χ3v) is 5.23. The van der Waals surface area contributed by atoms with E-state index in [2.05, 4.69) is 4.99 Å². The molecule has 3 N–H and O–H groups in total. The number of phenolic OH excluding ortho intramolecular Hbond substituents is 1. The van der Waals surface area contributed by atoms with Crippen molar-refractivity contribution in [2.24, 2.45) is 10.7 Å². The molecule has 1 atom stereocenters. The number of phenols is 1. The van der Waals surface area contributed by atoms with E-state index >= 15 is 0 Å². The number of rotatable bonds is 5. The second kappa shape index (κ2) is 8.72. The molecule has 0 aromatic heterocycles. The highest BCUT2D eigenvalue weighted by molar-refractivity contribution is 5.88. The Balaban J connectivity index is 1.89. The van der Waals surface area contributed by atoms with E-state index in [9.17, 15) is 20.5 Å². The van der Waals surface area contributed by atoms with Gasteiger partial charge in [0.15, 0.2) is 0 Å². The maximum atomic E-state index is 11.7. The fraction of sp³-hybridized carbons (Fsp3) is 0.0833. The van der Waals surface area contributed by atoms with Gasteiger partial charge in [-0.05, 0) is 24.3 Å². The lowest BCUT2D eigenvalue weighted by Gasteiger charge is -2.28.